The maximum atomic E-state index is 9.61. The summed E-state index contributed by atoms with van der Waals surface area (Å²) in [5.74, 6) is 0. The summed E-state index contributed by atoms with van der Waals surface area (Å²) in [4.78, 5) is 19.2. The van der Waals surface area contributed by atoms with E-state index < -0.39 is 6.10 Å². The number of carbonyl (C=O) groups excluding carboxylic acids is 2. The van der Waals surface area contributed by atoms with E-state index in [2.05, 4.69) is 32.4 Å². The molecule has 3 nitrogen and oxygen atoms in total. The van der Waals surface area contributed by atoms with Crippen LogP contribution in [-0.2, 0) is 14.3 Å². The molecule has 30 heavy (non-hydrogen) atoms. The second-order valence-corrected chi connectivity index (χ2v) is 7.69. The van der Waals surface area contributed by atoms with Crippen LogP contribution < -0.4 is 0 Å². The summed E-state index contributed by atoms with van der Waals surface area (Å²) >= 11 is 0. The predicted octanol–water partition coefficient (Wildman–Crippen LogP) is 9.36. The van der Waals surface area contributed by atoms with Crippen LogP contribution in [0.5, 0.6) is 0 Å². The molecular formula is C27H60O3. The van der Waals surface area contributed by atoms with Gasteiger partial charge in [0.1, 0.15) is 0 Å². The van der Waals surface area contributed by atoms with Gasteiger partial charge in [-0.1, -0.05) is 152 Å². The zero-order valence-corrected chi connectivity index (χ0v) is 20.0. The SMILES string of the molecule is C.C.C1CCCC1.C1CCCC1.C1CCCC1.CCC.CCC.COC(C=O)C=O. The summed E-state index contributed by atoms with van der Waals surface area (Å²) in [5.41, 5.74) is 0. The van der Waals surface area contributed by atoms with Crippen molar-refractivity contribution in [2.75, 3.05) is 7.11 Å². The lowest BCUT2D eigenvalue weighted by Crippen LogP contribution is -2.12. The fourth-order valence-electron chi connectivity index (χ4n) is 2.79. The van der Waals surface area contributed by atoms with Gasteiger partial charge in [-0.3, -0.25) is 9.59 Å². The Hall–Kier alpha value is -0.700. The maximum absolute atomic E-state index is 9.61. The van der Waals surface area contributed by atoms with Gasteiger partial charge in [0.25, 0.3) is 0 Å². The van der Waals surface area contributed by atoms with Gasteiger partial charge in [-0.05, 0) is 0 Å². The monoisotopic (exact) mass is 432 g/mol. The van der Waals surface area contributed by atoms with E-state index in [1.54, 1.807) is 0 Å². The number of aldehydes is 2. The van der Waals surface area contributed by atoms with Crippen molar-refractivity contribution in [2.45, 2.75) is 158 Å². The van der Waals surface area contributed by atoms with Crippen LogP contribution in [0.15, 0.2) is 0 Å². The number of ether oxygens (including phenoxy) is 1. The predicted molar refractivity (Wildman–Crippen MR) is 138 cm³/mol. The highest BCUT2D eigenvalue weighted by Gasteiger charge is 1.98. The Morgan fingerprint density at radius 2 is 0.667 bits per heavy atom. The van der Waals surface area contributed by atoms with Crippen LogP contribution in [0.1, 0.15) is 152 Å². The molecule has 0 heterocycles. The zero-order valence-electron chi connectivity index (χ0n) is 20.0. The third-order valence-corrected chi connectivity index (χ3v) is 4.29. The average Bonchev–Trinajstić information content (AvgIpc) is 3.53. The van der Waals surface area contributed by atoms with E-state index in [9.17, 15) is 9.59 Å². The van der Waals surface area contributed by atoms with Crippen molar-refractivity contribution < 1.29 is 14.3 Å². The molecule has 0 unspecified atom stereocenters. The van der Waals surface area contributed by atoms with E-state index in [1.165, 1.54) is 116 Å². The summed E-state index contributed by atoms with van der Waals surface area (Å²) in [7, 11) is 1.30. The standard InChI is InChI=1S/3C5H10.C4H6O3.2C3H8.2CH4/c3*1-2-4-5-3-1;1-7-4(2-5)3-6;2*1-3-2;;/h3*1-5H2;2-4H,1H3;2*3H2,1-2H3;2*1H4. The number of hydrogen-bond acceptors (Lipinski definition) is 3. The molecule has 0 bridgehead atoms. The molecule has 0 aromatic heterocycles. The summed E-state index contributed by atoms with van der Waals surface area (Å²) in [5, 5.41) is 0. The molecule has 0 N–H and O–H groups in total. The Morgan fingerprint density at radius 3 is 0.700 bits per heavy atom. The fourth-order valence-corrected chi connectivity index (χ4v) is 2.79. The molecule has 3 saturated carbocycles. The molecule has 0 radical (unpaired) electrons. The molecule has 3 fully saturated rings. The highest BCUT2D eigenvalue weighted by Crippen LogP contribution is 2.16. The topological polar surface area (TPSA) is 43.4 Å². The maximum Gasteiger partial charge on any atom is 0.167 e. The molecule has 0 spiro atoms. The molecular weight excluding hydrogens is 372 g/mol. The Morgan fingerprint density at radius 1 is 0.533 bits per heavy atom. The molecule has 3 aliphatic rings. The molecule has 0 aromatic rings. The fraction of sp³-hybridized carbons (Fsp3) is 0.926. The Kier molecular flexibility index (Phi) is 56.2. The first kappa shape index (κ1) is 39.7. The van der Waals surface area contributed by atoms with Crippen LogP contribution in [0.4, 0.5) is 0 Å². The van der Waals surface area contributed by atoms with E-state index in [-0.39, 0.29) is 14.9 Å². The van der Waals surface area contributed by atoms with Gasteiger partial charge in [-0.15, -0.1) is 0 Å². The highest BCUT2D eigenvalue weighted by molar-refractivity contribution is 5.80. The van der Waals surface area contributed by atoms with Crippen molar-refractivity contribution in [1.82, 2.24) is 0 Å². The largest absolute Gasteiger partial charge is 0.366 e. The zero-order chi connectivity index (χ0) is 21.7. The minimum Gasteiger partial charge on any atom is -0.366 e. The number of carbonyl (C=O) groups is 2. The van der Waals surface area contributed by atoms with E-state index in [0.717, 1.165) is 0 Å². The molecule has 3 aliphatic carbocycles. The Balaban J connectivity index is -0.0000000841. The van der Waals surface area contributed by atoms with Gasteiger partial charge in [-0.2, -0.15) is 0 Å². The van der Waals surface area contributed by atoms with Crippen molar-refractivity contribution in [2.24, 2.45) is 0 Å². The van der Waals surface area contributed by atoms with E-state index in [4.69, 9.17) is 0 Å². The third kappa shape index (κ3) is 45.8. The molecule has 0 saturated heterocycles. The molecule has 3 heteroatoms. The van der Waals surface area contributed by atoms with Crippen molar-refractivity contribution >= 4 is 12.6 Å². The second-order valence-electron chi connectivity index (χ2n) is 7.69. The van der Waals surface area contributed by atoms with Gasteiger partial charge < -0.3 is 4.74 Å². The lowest BCUT2D eigenvalue weighted by molar-refractivity contribution is -0.126. The molecule has 0 aromatic carbocycles. The lowest BCUT2D eigenvalue weighted by atomic mass is 10.4. The van der Waals surface area contributed by atoms with E-state index in [1.807, 2.05) is 0 Å². The number of rotatable bonds is 3. The van der Waals surface area contributed by atoms with Gasteiger partial charge in [-0.25, -0.2) is 0 Å². The van der Waals surface area contributed by atoms with E-state index >= 15 is 0 Å². The van der Waals surface area contributed by atoms with Crippen LogP contribution in [0.3, 0.4) is 0 Å². The Bertz CT molecular complexity index is 198. The quantitative estimate of drug-likeness (QED) is 0.329. The van der Waals surface area contributed by atoms with Crippen LogP contribution in [-0.4, -0.2) is 25.8 Å². The van der Waals surface area contributed by atoms with Gasteiger partial charge in [0, 0.05) is 7.11 Å². The molecule has 0 aliphatic heterocycles. The van der Waals surface area contributed by atoms with E-state index in [0.29, 0.717) is 12.6 Å². The molecule has 3 rings (SSSR count). The van der Waals surface area contributed by atoms with Crippen LogP contribution in [0.25, 0.3) is 0 Å². The van der Waals surface area contributed by atoms with Crippen LogP contribution >= 0.6 is 0 Å². The first-order chi connectivity index (χ1) is 13.7. The molecule has 0 amide bonds. The normalized spacial score (nSPS) is 15.3. The minimum atomic E-state index is -0.875. The van der Waals surface area contributed by atoms with Crippen molar-refractivity contribution in [3.63, 3.8) is 0 Å². The smallest absolute Gasteiger partial charge is 0.167 e. The van der Waals surface area contributed by atoms with Gasteiger partial charge in [0.15, 0.2) is 18.7 Å². The molecule has 0 atom stereocenters. The summed E-state index contributed by atoms with van der Waals surface area (Å²) in [6.07, 6.45) is 25.0. The highest BCUT2D eigenvalue weighted by atomic mass is 16.5. The lowest BCUT2D eigenvalue weighted by Gasteiger charge is -1.92. The summed E-state index contributed by atoms with van der Waals surface area (Å²) in [6.45, 7) is 8.50. The van der Waals surface area contributed by atoms with Gasteiger partial charge in [0.05, 0.1) is 0 Å². The molecule has 186 valence electrons. The summed E-state index contributed by atoms with van der Waals surface area (Å²) < 4.78 is 4.31. The third-order valence-electron chi connectivity index (χ3n) is 4.29. The minimum absolute atomic E-state index is 0. The van der Waals surface area contributed by atoms with Gasteiger partial charge >= 0.3 is 0 Å². The first-order valence-corrected chi connectivity index (χ1v) is 12.1. The van der Waals surface area contributed by atoms with Crippen LogP contribution in [0, 0.1) is 0 Å². The summed E-state index contributed by atoms with van der Waals surface area (Å²) in [6, 6.07) is 0. The number of methoxy groups -OCH3 is 1. The van der Waals surface area contributed by atoms with Crippen molar-refractivity contribution in [3.8, 4) is 0 Å². The van der Waals surface area contributed by atoms with Crippen molar-refractivity contribution in [1.29, 1.82) is 0 Å². The van der Waals surface area contributed by atoms with Gasteiger partial charge in [0.2, 0.25) is 0 Å². The van der Waals surface area contributed by atoms with Crippen LogP contribution in [0.2, 0.25) is 0 Å². The average molecular weight is 433 g/mol. The Labute approximate surface area is 192 Å². The number of hydrogen-bond donors (Lipinski definition) is 0. The first-order valence-electron chi connectivity index (χ1n) is 12.1. The van der Waals surface area contributed by atoms with Crippen molar-refractivity contribution in [3.05, 3.63) is 0 Å². The second kappa shape index (κ2) is 42.4.